The van der Waals surface area contributed by atoms with E-state index in [1.807, 2.05) is 6.07 Å². The highest BCUT2D eigenvalue weighted by Gasteiger charge is 2.52. The zero-order chi connectivity index (χ0) is 24.2. The van der Waals surface area contributed by atoms with Crippen LogP contribution in [0.25, 0.3) is 43.8 Å². The van der Waals surface area contributed by atoms with Crippen LogP contribution in [0, 0.1) is 0 Å². The van der Waals surface area contributed by atoms with Gasteiger partial charge in [0.05, 0.1) is 11.2 Å². The number of benzene rings is 5. The molecule has 0 saturated carbocycles. The van der Waals surface area contributed by atoms with E-state index in [0.29, 0.717) is 0 Å². The van der Waals surface area contributed by atoms with Crippen molar-refractivity contribution in [3.05, 3.63) is 103 Å². The quantitative estimate of drug-likeness (QED) is 0.205. The van der Waals surface area contributed by atoms with Crippen molar-refractivity contribution < 1.29 is 9.31 Å². The molecule has 5 aromatic carbocycles. The average Bonchev–Trinajstić information content (AvgIpc) is 3.10. The first-order valence-electron chi connectivity index (χ1n) is 12.3. The van der Waals surface area contributed by atoms with Gasteiger partial charge in [0.2, 0.25) is 0 Å². The van der Waals surface area contributed by atoms with E-state index >= 15 is 0 Å². The van der Waals surface area contributed by atoms with Gasteiger partial charge in [0, 0.05) is 0 Å². The highest BCUT2D eigenvalue weighted by atomic mass is 16.7. The summed E-state index contributed by atoms with van der Waals surface area (Å²) in [7, 11) is -0.443. The zero-order valence-corrected chi connectivity index (χ0v) is 20.7. The summed E-state index contributed by atoms with van der Waals surface area (Å²) < 4.78 is 13.1. The van der Waals surface area contributed by atoms with Crippen molar-refractivity contribution in [3.63, 3.8) is 0 Å². The fraction of sp³-hybridized carbons (Fsp3) is 0.188. The van der Waals surface area contributed by atoms with Gasteiger partial charge in [-0.1, -0.05) is 97.1 Å². The van der Waals surface area contributed by atoms with Crippen molar-refractivity contribution in [1.82, 2.24) is 0 Å². The normalized spacial score (nSPS) is 16.7. The van der Waals surface area contributed by atoms with Crippen molar-refractivity contribution in [2.24, 2.45) is 0 Å². The predicted molar refractivity (Wildman–Crippen MR) is 148 cm³/mol. The van der Waals surface area contributed by atoms with Gasteiger partial charge in [0.15, 0.2) is 0 Å². The smallest absolute Gasteiger partial charge is 0.399 e. The van der Waals surface area contributed by atoms with Crippen LogP contribution in [0.15, 0.2) is 103 Å². The Morgan fingerprint density at radius 3 is 1.83 bits per heavy atom. The lowest BCUT2D eigenvalue weighted by molar-refractivity contribution is 0.00578. The Bertz CT molecular complexity index is 1540. The van der Waals surface area contributed by atoms with Crippen LogP contribution in [-0.4, -0.2) is 18.3 Å². The third-order valence-corrected chi connectivity index (χ3v) is 7.72. The van der Waals surface area contributed by atoms with Crippen LogP contribution in [-0.2, 0) is 9.31 Å². The molecule has 0 bridgehead atoms. The number of hydrogen-bond donors (Lipinski definition) is 0. The predicted octanol–water partition coefficient (Wildman–Crippen LogP) is 7.63. The molecule has 0 atom stereocenters. The Morgan fingerprint density at radius 1 is 0.514 bits per heavy atom. The molecule has 0 aliphatic carbocycles. The Morgan fingerprint density at radius 2 is 1.11 bits per heavy atom. The fourth-order valence-electron chi connectivity index (χ4n) is 5.07. The number of rotatable bonds is 3. The molecule has 1 heterocycles. The monoisotopic (exact) mass is 456 g/mol. The molecule has 3 heteroatoms. The molecule has 6 rings (SSSR count). The minimum absolute atomic E-state index is 0.405. The van der Waals surface area contributed by atoms with E-state index in [0.717, 1.165) is 22.2 Å². The molecule has 0 aromatic heterocycles. The molecular formula is C32H29BO2. The second-order valence-electron chi connectivity index (χ2n) is 10.4. The maximum Gasteiger partial charge on any atom is 0.495 e. The van der Waals surface area contributed by atoms with Crippen LogP contribution < -0.4 is 5.46 Å². The largest absolute Gasteiger partial charge is 0.495 e. The summed E-state index contributed by atoms with van der Waals surface area (Å²) in [5.41, 5.74) is 4.93. The summed E-state index contributed by atoms with van der Waals surface area (Å²) in [6.45, 7) is 8.43. The molecule has 5 aromatic rings. The highest BCUT2D eigenvalue weighted by molar-refractivity contribution is 6.64. The maximum atomic E-state index is 6.54. The minimum atomic E-state index is -0.443. The number of fused-ring (bicyclic) bond motifs is 3. The third kappa shape index (κ3) is 3.67. The molecule has 0 spiro atoms. The third-order valence-electron chi connectivity index (χ3n) is 7.72. The van der Waals surface area contributed by atoms with Gasteiger partial charge in [-0.3, -0.25) is 0 Å². The standard InChI is InChI=1S/C32H29BO2/c1-31(2)32(3,4)35-33(34-31)30-21-24(18-19-26(30)22-12-6-5-7-13-22)29-20-23-14-8-9-15-25(23)27-16-10-11-17-28(27)29/h5-21H,1-4H3. The lowest BCUT2D eigenvalue weighted by Gasteiger charge is -2.32. The summed E-state index contributed by atoms with van der Waals surface area (Å²) in [5.74, 6) is 0. The summed E-state index contributed by atoms with van der Waals surface area (Å²) in [6, 6.07) is 36.8. The van der Waals surface area contributed by atoms with Gasteiger partial charge in [0.1, 0.15) is 0 Å². The van der Waals surface area contributed by atoms with Gasteiger partial charge in [-0.25, -0.2) is 0 Å². The topological polar surface area (TPSA) is 18.5 Å². The van der Waals surface area contributed by atoms with E-state index in [-0.39, 0.29) is 0 Å². The summed E-state index contributed by atoms with van der Waals surface area (Å²) in [4.78, 5) is 0. The molecule has 1 aliphatic heterocycles. The molecule has 35 heavy (non-hydrogen) atoms. The fourth-order valence-corrected chi connectivity index (χ4v) is 5.07. The first-order valence-corrected chi connectivity index (χ1v) is 12.3. The molecule has 0 amide bonds. The van der Waals surface area contributed by atoms with E-state index in [1.54, 1.807) is 0 Å². The van der Waals surface area contributed by atoms with Gasteiger partial charge in [-0.15, -0.1) is 0 Å². The first kappa shape index (κ1) is 22.1. The van der Waals surface area contributed by atoms with Gasteiger partial charge in [0.25, 0.3) is 0 Å². The highest BCUT2D eigenvalue weighted by Crippen LogP contribution is 2.39. The van der Waals surface area contributed by atoms with Gasteiger partial charge >= 0.3 is 7.12 Å². The van der Waals surface area contributed by atoms with Crippen LogP contribution in [0.1, 0.15) is 27.7 Å². The van der Waals surface area contributed by atoms with Crippen molar-refractivity contribution in [2.75, 3.05) is 0 Å². The van der Waals surface area contributed by atoms with Crippen LogP contribution >= 0.6 is 0 Å². The van der Waals surface area contributed by atoms with Crippen LogP contribution in [0.4, 0.5) is 0 Å². The average molecular weight is 456 g/mol. The van der Waals surface area contributed by atoms with E-state index in [2.05, 4.69) is 125 Å². The Kier molecular flexibility index (Phi) is 5.10. The molecule has 0 N–H and O–H groups in total. The molecule has 2 nitrogen and oxygen atoms in total. The second kappa shape index (κ2) is 8.08. The van der Waals surface area contributed by atoms with E-state index in [4.69, 9.17) is 9.31 Å². The van der Waals surface area contributed by atoms with E-state index in [9.17, 15) is 0 Å². The Hall–Kier alpha value is -3.40. The SMILES string of the molecule is CC1(C)OB(c2cc(-c3cc4ccccc4c4ccccc34)ccc2-c2ccccc2)OC1(C)C. The lowest BCUT2D eigenvalue weighted by Crippen LogP contribution is -2.41. The molecule has 1 aliphatic rings. The molecule has 1 saturated heterocycles. The van der Waals surface area contributed by atoms with Crippen LogP contribution in [0.3, 0.4) is 0 Å². The van der Waals surface area contributed by atoms with Gasteiger partial charge in [-0.2, -0.15) is 0 Å². The van der Waals surface area contributed by atoms with Crippen molar-refractivity contribution in [3.8, 4) is 22.3 Å². The van der Waals surface area contributed by atoms with E-state index < -0.39 is 18.3 Å². The van der Waals surface area contributed by atoms with Gasteiger partial charge in [-0.05, 0) is 83.0 Å². The van der Waals surface area contributed by atoms with Crippen molar-refractivity contribution in [2.45, 2.75) is 38.9 Å². The zero-order valence-electron chi connectivity index (χ0n) is 20.7. The first-order chi connectivity index (χ1) is 16.8. The second-order valence-corrected chi connectivity index (χ2v) is 10.4. The summed E-state index contributed by atoms with van der Waals surface area (Å²) in [6.07, 6.45) is 0. The Labute approximate surface area is 207 Å². The Balaban J connectivity index is 1.59. The minimum Gasteiger partial charge on any atom is -0.399 e. The maximum absolute atomic E-state index is 6.54. The number of hydrogen-bond acceptors (Lipinski definition) is 2. The molecular weight excluding hydrogens is 427 g/mol. The molecule has 0 radical (unpaired) electrons. The lowest BCUT2D eigenvalue weighted by atomic mass is 9.73. The molecule has 0 unspecified atom stereocenters. The molecule has 1 fully saturated rings. The summed E-state index contributed by atoms with van der Waals surface area (Å²) in [5, 5.41) is 5.04. The van der Waals surface area contributed by atoms with Crippen molar-refractivity contribution >= 4 is 34.1 Å². The van der Waals surface area contributed by atoms with Crippen LogP contribution in [0.5, 0.6) is 0 Å². The summed E-state index contributed by atoms with van der Waals surface area (Å²) >= 11 is 0. The molecule has 172 valence electrons. The van der Waals surface area contributed by atoms with Gasteiger partial charge < -0.3 is 9.31 Å². The van der Waals surface area contributed by atoms with Crippen molar-refractivity contribution in [1.29, 1.82) is 0 Å². The van der Waals surface area contributed by atoms with E-state index in [1.165, 1.54) is 27.1 Å². The van der Waals surface area contributed by atoms with Crippen LogP contribution in [0.2, 0.25) is 0 Å².